The van der Waals surface area contributed by atoms with Gasteiger partial charge >= 0.3 is 0 Å². The average molecular weight is 185 g/mol. The van der Waals surface area contributed by atoms with E-state index in [0.717, 1.165) is 10.6 Å². The summed E-state index contributed by atoms with van der Waals surface area (Å²) in [4.78, 5) is 0. The summed E-state index contributed by atoms with van der Waals surface area (Å²) in [7, 11) is 0. The van der Waals surface area contributed by atoms with Gasteiger partial charge in [0.1, 0.15) is 0 Å². The summed E-state index contributed by atoms with van der Waals surface area (Å²) in [5, 5.41) is 0.856. The molecule has 0 atom stereocenters. The molecule has 0 spiro atoms. The summed E-state index contributed by atoms with van der Waals surface area (Å²) >= 11 is 5.81. The summed E-state index contributed by atoms with van der Waals surface area (Å²) < 4.78 is 0. The molecule has 1 aromatic carbocycles. The first-order valence-electron chi connectivity index (χ1n) is 4.34. The summed E-state index contributed by atoms with van der Waals surface area (Å²) in [5.74, 6) is 0. The predicted molar refractivity (Wildman–Crippen MR) is 56.9 cm³/mol. The Balaban J connectivity index is 0.000000354. The minimum absolute atomic E-state index is 0.856. The Morgan fingerprint density at radius 3 is 2.00 bits per heavy atom. The molecule has 0 bridgehead atoms. The monoisotopic (exact) mass is 184 g/mol. The molecule has 1 heteroatoms. The number of aryl methyl sites for hydroxylation is 2. The van der Waals surface area contributed by atoms with E-state index in [0.29, 0.717) is 0 Å². The van der Waals surface area contributed by atoms with Crippen LogP contribution in [0.3, 0.4) is 0 Å². The highest BCUT2D eigenvalue weighted by molar-refractivity contribution is 6.31. The Morgan fingerprint density at radius 1 is 1.17 bits per heavy atom. The lowest BCUT2D eigenvalue weighted by Gasteiger charge is -1.96. The van der Waals surface area contributed by atoms with E-state index in [1.54, 1.807) is 0 Å². The fraction of sp³-hybridized carbons (Fsp3) is 0.455. The van der Waals surface area contributed by atoms with E-state index >= 15 is 0 Å². The van der Waals surface area contributed by atoms with E-state index in [1.165, 1.54) is 12.0 Å². The number of hydrogen-bond acceptors (Lipinski definition) is 0. The molecule has 0 radical (unpaired) electrons. The standard InChI is InChI=1S/C8H9Cl.C3H8/c1-6-3-4-7(2)8(9)5-6;1-3-2/h3-5H,1-2H3;3H2,1-2H3. The van der Waals surface area contributed by atoms with Crippen molar-refractivity contribution < 1.29 is 0 Å². The quantitative estimate of drug-likeness (QED) is 0.562. The van der Waals surface area contributed by atoms with Gasteiger partial charge in [-0.2, -0.15) is 0 Å². The topological polar surface area (TPSA) is 0 Å². The van der Waals surface area contributed by atoms with Gasteiger partial charge in [0, 0.05) is 5.02 Å². The molecule has 0 saturated carbocycles. The Labute approximate surface area is 80.6 Å². The molecule has 1 aromatic rings. The van der Waals surface area contributed by atoms with Gasteiger partial charge in [0.15, 0.2) is 0 Å². The predicted octanol–water partition coefficient (Wildman–Crippen LogP) is 4.37. The first kappa shape index (κ1) is 11.5. The maximum atomic E-state index is 5.81. The van der Waals surface area contributed by atoms with Crippen LogP contribution in [-0.4, -0.2) is 0 Å². The van der Waals surface area contributed by atoms with Crippen molar-refractivity contribution in [2.45, 2.75) is 34.1 Å². The second-order valence-electron chi connectivity index (χ2n) is 2.96. The van der Waals surface area contributed by atoms with Crippen LogP contribution in [0.15, 0.2) is 18.2 Å². The highest BCUT2D eigenvalue weighted by atomic mass is 35.5. The lowest BCUT2D eigenvalue weighted by molar-refractivity contribution is 1.09. The van der Waals surface area contributed by atoms with Gasteiger partial charge in [-0.3, -0.25) is 0 Å². The smallest absolute Gasteiger partial charge is 0.0437 e. The van der Waals surface area contributed by atoms with Crippen molar-refractivity contribution in [1.29, 1.82) is 0 Å². The zero-order valence-corrected chi connectivity index (χ0v) is 9.07. The Kier molecular flexibility index (Phi) is 5.83. The molecular formula is C11H17Cl. The minimum Gasteiger partial charge on any atom is -0.0840 e. The van der Waals surface area contributed by atoms with Crippen LogP contribution in [0.4, 0.5) is 0 Å². The third-order valence-electron chi connectivity index (χ3n) is 1.33. The summed E-state index contributed by atoms with van der Waals surface area (Å²) in [6, 6.07) is 6.05. The largest absolute Gasteiger partial charge is 0.0840 e. The molecule has 0 aliphatic heterocycles. The van der Waals surface area contributed by atoms with Crippen molar-refractivity contribution in [3.05, 3.63) is 34.3 Å². The number of benzene rings is 1. The maximum absolute atomic E-state index is 5.81. The molecule has 0 nitrogen and oxygen atoms in total. The second kappa shape index (κ2) is 6.07. The van der Waals surface area contributed by atoms with Gasteiger partial charge in [-0.1, -0.05) is 44.0 Å². The number of rotatable bonds is 0. The lowest BCUT2D eigenvalue weighted by atomic mass is 10.2. The first-order valence-corrected chi connectivity index (χ1v) is 4.72. The zero-order valence-electron chi connectivity index (χ0n) is 8.32. The fourth-order valence-electron chi connectivity index (χ4n) is 0.698. The maximum Gasteiger partial charge on any atom is 0.0437 e. The van der Waals surface area contributed by atoms with E-state index in [-0.39, 0.29) is 0 Å². The zero-order chi connectivity index (χ0) is 9.56. The third kappa shape index (κ3) is 4.40. The van der Waals surface area contributed by atoms with Crippen LogP contribution in [0.5, 0.6) is 0 Å². The van der Waals surface area contributed by atoms with Crippen LogP contribution in [0.25, 0.3) is 0 Å². The van der Waals surface area contributed by atoms with Crippen LogP contribution in [-0.2, 0) is 0 Å². The van der Waals surface area contributed by atoms with Crippen molar-refractivity contribution in [3.63, 3.8) is 0 Å². The van der Waals surface area contributed by atoms with Gasteiger partial charge in [-0.25, -0.2) is 0 Å². The third-order valence-corrected chi connectivity index (χ3v) is 1.73. The molecule has 1 rings (SSSR count). The number of halogens is 1. The van der Waals surface area contributed by atoms with Gasteiger partial charge in [0.2, 0.25) is 0 Å². The molecule has 0 aliphatic carbocycles. The van der Waals surface area contributed by atoms with Gasteiger partial charge in [0.05, 0.1) is 0 Å². The van der Waals surface area contributed by atoms with E-state index in [1.807, 2.05) is 26.0 Å². The molecular weight excluding hydrogens is 168 g/mol. The molecule has 68 valence electrons. The van der Waals surface area contributed by atoms with E-state index in [4.69, 9.17) is 11.6 Å². The molecule has 0 fully saturated rings. The SMILES string of the molecule is CCC.Cc1ccc(C)c(Cl)c1. The van der Waals surface area contributed by atoms with Gasteiger partial charge in [-0.05, 0) is 31.0 Å². The summed E-state index contributed by atoms with van der Waals surface area (Å²) in [6.07, 6.45) is 1.25. The van der Waals surface area contributed by atoms with Gasteiger partial charge in [-0.15, -0.1) is 0 Å². The summed E-state index contributed by atoms with van der Waals surface area (Å²) in [5.41, 5.74) is 2.35. The molecule has 0 amide bonds. The molecule has 0 aromatic heterocycles. The van der Waals surface area contributed by atoms with Crippen molar-refractivity contribution in [1.82, 2.24) is 0 Å². The Bertz CT molecular complexity index is 228. The van der Waals surface area contributed by atoms with Crippen LogP contribution < -0.4 is 0 Å². The average Bonchev–Trinajstić information content (AvgIpc) is 1.99. The summed E-state index contributed by atoms with van der Waals surface area (Å²) in [6.45, 7) is 8.28. The normalized spacial score (nSPS) is 8.75. The second-order valence-corrected chi connectivity index (χ2v) is 3.37. The molecule has 0 aliphatic rings. The fourth-order valence-corrected chi connectivity index (χ4v) is 0.933. The van der Waals surface area contributed by atoms with Crippen molar-refractivity contribution in [3.8, 4) is 0 Å². The van der Waals surface area contributed by atoms with Crippen molar-refractivity contribution in [2.24, 2.45) is 0 Å². The van der Waals surface area contributed by atoms with Crippen LogP contribution in [0.2, 0.25) is 5.02 Å². The van der Waals surface area contributed by atoms with Crippen molar-refractivity contribution >= 4 is 11.6 Å². The van der Waals surface area contributed by atoms with E-state index in [2.05, 4.69) is 19.9 Å². The van der Waals surface area contributed by atoms with Crippen molar-refractivity contribution in [2.75, 3.05) is 0 Å². The van der Waals surface area contributed by atoms with Gasteiger partial charge in [0.25, 0.3) is 0 Å². The Morgan fingerprint density at radius 2 is 1.67 bits per heavy atom. The van der Waals surface area contributed by atoms with Crippen LogP contribution >= 0.6 is 11.6 Å². The molecule has 0 N–H and O–H groups in total. The molecule has 0 unspecified atom stereocenters. The highest BCUT2D eigenvalue weighted by Crippen LogP contribution is 2.15. The molecule has 0 saturated heterocycles. The van der Waals surface area contributed by atoms with Crippen LogP contribution in [0, 0.1) is 13.8 Å². The van der Waals surface area contributed by atoms with Gasteiger partial charge < -0.3 is 0 Å². The lowest BCUT2D eigenvalue weighted by Crippen LogP contribution is -1.75. The van der Waals surface area contributed by atoms with E-state index in [9.17, 15) is 0 Å². The van der Waals surface area contributed by atoms with E-state index < -0.39 is 0 Å². The minimum atomic E-state index is 0.856. The molecule has 0 heterocycles. The first-order chi connectivity index (χ1) is 5.61. The molecule has 12 heavy (non-hydrogen) atoms. The Hall–Kier alpha value is -0.490. The highest BCUT2D eigenvalue weighted by Gasteiger charge is 1.91. The number of hydrogen-bond donors (Lipinski definition) is 0. The van der Waals surface area contributed by atoms with Crippen LogP contribution in [0.1, 0.15) is 31.4 Å².